The van der Waals surface area contributed by atoms with Crippen LogP contribution in [0.5, 0.6) is 0 Å². The number of aliphatic hydroxyl groups excluding tert-OH is 2. The van der Waals surface area contributed by atoms with Gasteiger partial charge in [-0.15, -0.1) is 0 Å². The summed E-state index contributed by atoms with van der Waals surface area (Å²) < 4.78 is 7.12. The van der Waals surface area contributed by atoms with Gasteiger partial charge < -0.3 is 14.9 Å². The minimum absolute atomic E-state index is 0.0892. The Morgan fingerprint density at radius 3 is 2.42 bits per heavy atom. The predicted octanol–water partition coefficient (Wildman–Crippen LogP) is 5.99. The molecule has 0 radical (unpaired) electrons. The maximum absolute atomic E-state index is 10.9. The zero-order chi connectivity index (χ0) is 23.7. The van der Waals surface area contributed by atoms with Crippen LogP contribution < -0.4 is 0 Å². The molecule has 2 N–H and O–H groups in total. The average molecular weight is 457 g/mol. The second-order valence-electron chi connectivity index (χ2n) is 14.7. The number of aliphatic hydroxyl groups is 2. The van der Waals surface area contributed by atoms with Crippen LogP contribution in [0.1, 0.15) is 92.9 Å². The van der Waals surface area contributed by atoms with Crippen LogP contribution in [0.4, 0.5) is 0 Å². The number of fused-ring (bicyclic) bond motifs is 4. The van der Waals surface area contributed by atoms with Gasteiger partial charge in [-0.1, -0.05) is 53.7 Å². The van der Waals surface area contributed by atoms with E-state index in [2.05, 4.69) is 53.7 Å². The topological polar surface area (TPSA) is 49.7 Å². The molecular formula is C30H48O3. The minimum atomic E-state index is -0.392. The van der Waals surface area contributed by atoms with E-state index >= 15 is 0 Å². The van der Waals surface area contributed by atoms with Crippen molar-refractivity contribution in [1.29, 1.82) is 0 Å². The molecular weight excluding hydrogens is 408 g/mol. The van der Waals surface area contributed by atoms with Gasteiger partial charge in [-0.05, 0) is 91.3 Å². The first-order valence-corrected chi connectivity index (χ1v) is 14.1. The summed E-state index contributed by atoms with van der Waals surface area (Å²) in [7, 11) is 0. The van der Waals surface area contributed by atoms with E-state index in [4.69, 9.17) is 4.74 Å². The maximum Gasteiger partial charge on any atom is 0.0958 e. The first kappa shape index (κ1) is 23.0. The molecule has 1 aliphatic heterocycles. The SMILES string of the molecule is C[C@H]1[C@H](C)CC[C@@]23CC[C@]4(C)[C@@](C=C[C@@H]5[C@@]6(C)CC[C@H](O)[C@@](C)(CO)[C@@H]6CC[C@]54C)(OC2)[C@H]13. The van der Waals surface area contributed by atoms with E-state index in [0.29, 0.717) is 29.1 Å². The van der Waals surface area contributed by atoms with Crippen molar-refractivity contribution in [3.05, 3.63) is 12.2 Å². The van der Waals surface area contributed by atoms with Crippen LogP contribution in [0, 0.1) is 56.7 Å². The van der Waals surface area contributed by atoms with E-state index in [1.807, 2.05) is 0 Å². The molecule has 3 nitrogen and oxygen atoms in total. The zero-order valence-corrected chi connectivity index (χ0v) is 22.0. The Morgan fingerprint density at radius 1 is 0.939 bits per heavy atom. The first-order chi connectivity index (χ1) is 15.4. The molecule has 3 heteroatoms. The molecule has 6 rings (SSSR count). The van der Waals surface area contributed by atoms with Gasteiger partial charge >= 0.3 is 0 Å². The van der Waals surface area contributed by atoms with Crippen LogP contribution in [-0.2, 0) is 4.74 Å². The summed E-state index contributed by atoms with van der Waals surface area (Å²) >= 11 is 0. The van der Waals surface area contributed by atoms with Crippen LogP contribution >= 0.6 is 0 Å². The molecule has 0 aromatic carbocycles. The van der Waals surface area contributed by atoms with E-state index in [1.54, 1.807) is 0 Å². The predicted molar refractivity (Wildman–Crippen MR) is 132 cm³/mol. The quantitative estimate of drug-likeness (QED) is 0.477. The van der Waals surface area contributed by atoms with Crippen molar-refractivity contribution in [2.75, 3.05) is 13.2 Å². The fourth-order valence-electron chi connectivity index (χ4n) is 11.6. The van der Waals surface area contributed by atoms with Crippen molar-refractivity contribution in [3.63, 3.8) is 0 Å². The summed E-state index contributed by atoms with van der Waals surface area (Å²) in [6.45, 7) is 15.9. The third-order valence-electron chi connectivity index (χ3n) is 14.0. The van der Waals surface area contributed by atoms with Gasteiger partial charge in [-0.3, -0.25) is 0 Å². The van der Waals surface area contributed by atoms with Crippen molar-refractivity contribution >= 4 is 0 Å². The molecule has 4 saturated carbocycles. The smallest absolute Gasteiger partial charge is 0.0958 e. The van der Waals surface area contributed by atoms with Gasteiger partial charge in [-0.2, -0.15) is 0 Å². The molecule has 6 aliphatic rings. The molecule has 1 heterocycles. The highest BCUT2D eigenvalue weighted by atomic mass is 16.5. The molecule has 12 atom stereocenters. The number of ether oxygens (including phenoxy) is 1. The summed E-state index contributed by atoms with van der Waals surface area (Å²) in [4.78, 5) is 0. The normalized spacial score (nSPS) is 63.9. The Bertz CT molecular complexity index is 869. The van der Waals surface area contributed by atoms with Crippen molar-refractivity contribution < 1.29 is 14.9 Å². The fourth-order valence-corrected chi connectivity index (χ4v) is 11.6. The third-order valence-corrected chi connectivity index (χ3v) is 14.0. The van der Waals surface area contributed by atoms with Crippen molar-refractivity contribution in [2.45, 2.75) is 105 Å². The van der Waals surface area contributed by atoms with Crippen LogP contribution in [0.25, 0.3) is 0 Å². The molecule has 5 aliphatic carbocycles. The Morgan fingerprint density at radius 2 is 1.70 bits per heavy atom. The van der Waals surface area contributed by atoms with Gasteiger partial charge in [0.15, 0.2) is 0 Å². The van der Waals surface area contributed by atoms with Crippen LogP contribution in [-0.4, -0.2) is 35.1 Å². The van der Waals surface area contributed by atoms with Gasteiger partial charge in [0.25, 0.3) is 0 Å². The molecule has 0 amide bonds. The zero-order valence-electron chi connectivity index (χ0n) is 22.0. The Balaban J connectivity index is 1.49. The monoisotopic (exact) mass is 456 g/mol. The van der Waals surface area contributed by atoms with Crippen molar-refractivity contribution in [3.8, 4) is 0 Å². The van der Waals surface area contributed by atoms with E-state index in [9.17, 15) is 10.2 Å². The number of hydrogen-bond donors (Lipinski definition) is 2. The summed E-state index contributed by atoms with van der Waals surface area (Å²) in [5, 5.41) is 21.4. The van der Waals surface area contributed by atoms with Gasteiger partial charge in [0, 0.05) is 16.7 Å². The van der Waals surface area contributed by atoms with E-state index < -0.39 is 11.5 Å². The van der Waals surface area contributed by atoms with E-state index in [1.165, 1.54) is 32.1 Å². The minimum Gasteiger partial charge on any atom is -0.396 e. The molecule has 33 heavy (non-hydrogen) atoms. The summed E-state index contributed by atoms with van der Waals surface area (Å²) in [5.41, 5.74) is 0.310. The molecule has 0 aromatic heterocycles. The largest absolute Gasteiger partial charge is 0.396 e. The maximum atomic E-state index is 10.9. The van der Waals surface area contributed by atoms with Gasteiger partial charge in [0.05, 0.1) is 24.9 Å². The number of allylic oxidation sites excluding steroid dienone is 1. The summed E-state index contributed by atoms with van der Waals surface area (Å²) in [6.07, 6.45) is 14.3. The highest BCUT2D eigenvalue weighted by molar-refractivity contribution is 5.35. The second-order valence-corrected chi connectivity index (χ2v) is 14.7. The highest BCUT2D eigenvalue weighted by Gasteiger charge is 2.77. The molecule has 1 spiro atoms. The van der Waals surface area contributed by atoms with Crippen LogP contribution in [0.2, 0.25) is 0 Å². The third kappa shape index (κ3) is 2.35. The molecule has 0 aromatic rings. The summed E-state index contributed by atoms with van der Waals surface area (Å²) in [5.74, 6) is 2.97. The van der Waals surface area contributed by atoms with Crippen molar-refractivity contribution in [2.24, 2.45) is 56.7 Å². The molecule has 186 valence electrons. The summed E-state index contributed by atoms with van der Waals surface area (Å²) in [6, 6.07) is 0. The van der Waals surface area contributed by atoms with Gasteiger partial charge in [-0.25, -0.2) is 0 Å². The lowest BCUT2D eigenvalue weighted by Gasteiger charge is -2.73. The fraction of sp³-hybridized carbons (Fsp3) is 0.933. The van der Waals surface area contributed by atoms with Crippen LogP contribution in [0.15, 0.2) is 12.2 Å². The second kappa shape index (κ2) is 6.68. The Hall–Kier alpha value is -0.380. The Kier molecular flexibility index (Phi) is 4.66. The van der Waals surface area contributed by atoms with Crippen LogP contribution in [0.3, 0.4) is 0 Å². The molecule has 0 unspecified atom stereocenters. The van der Waals surface area contributed by atoms with Gasteiger partial charge in [0.2, 0.25) is 0 Å². The average Bonchev–Trinajstić information content (AvgIpc) is 3.06. The molecule has 2 bridgehead atoms. The van der Waals surface area contributed by atoms with Gasteiger partial charge in [0.1, 0.15) is 0 Å². The highest BCUT2D eigenvalue weighted by Crippen LogP contribution is 2.79. The molecule has 5 fully saturated rings. The first-order valence-electron chi connectivity index (χ1n) is 14.1. The lowest BCUT2D eigenvalue weighted by Crippen LogP contribution is -2.71. The number of rotatable bonds is 1. The van der Waals surface area contributed by atoms with Crippen molar-refractivity contribution in [1.82, 2.24) is 0 Å². The lowest BCUT2D eigenvalue weighted by molar-refractivity contribution is -0.251. The Labute approximate surface area is 201 Å². The van der Waals surface area contributed by atoms with E-state index in [0.717, 1.165) is 31.8 Å². The number of hydrogen-bond acceptors (Lipinski definition) is 3. The molecule has 1 saturated heterocycles. The lowest BCUT2D eigenvalue weighted by atomic mass is 9.32. The van der Waals surface area contributed by atoms with E-state index in [-0.39, 0.29) is 28.5 Å². The standard InChI is InChI=1S/C30H48O3/c1-19-7-13-29-16-15-28(6)27(5)12-8-21-25(3,11-10-23(32)26(21,4)17-31)22(27)9-14-30(28,33-18-29)24(29)20(19)2/h9,14,19-24,31-32H,7-8,10-13,15-18H2,1-6H3/t19-,20+,21-,22-,23+,24-,25+,26+,27-,28+,29-,30+/m1/s1.